The normalized spacial score (nSPS) is 20.1. The maximum Gasteiger partial charge on any atom is 0.237 e. The number of hydrogen-bond acceptors (Lipinski definition) is 3. The molecule has 1 aliphatic rings. The van der Waals surface area contributed by atoms with Crippen molar-refractivity contribution in [2.24, 2.45) is 5.73 Å². The van der Waals surface area contributed by atoms with Crippen molar-refractivity contribution in [1.29, 1.82) is 0 Å². The first kappa shape index (κ1) is 16.4. The Kier molecular flexibility index (Phi) is 7.39. The highest BCUT2D eigenvalue weighted by Crippen LogP contribution is 2.21. The molecular weight excluding hydrogens is 240 g/mol. The van der Waals surface area contributed by atoms with E-state index in [1.807, 2.05) is 13.8 Å². The van der Waals surface area contributed by atoms with Crippen molar-refractivity contribution < 1.29 is 9.53 Å². The summed E-state index contributed by atoms with van der Waals surface area (Å²) in [5.74, 6) is -0.262. The monoisotopic (exact) mass is 270 g/mol. The second kappa shape index (κ2) is 8.54. The van der Waals surface area contributed by atoms with Crippen LogP contribution in [-0.2, 0) is 9.53 Å². The standard InChI is InChI=1S/C15H30N2O2/c1-3-17-15(2,14(16)18)11-7-8-12-19-13-9-5-4-6-10-13/h13,17H,3-12H2,1-2H3,(H2,16,18). The van der Waals surface area contributed by atoms with Crippen molar-refractivity contribution in [3.05, 3.63) is 0 Å². The fourth-order valence-electron chi connectivity index (χ4n) is 2.75. The highest BCUT2D eigenvalue weighted by Gasteiger charge is 2.28. The summed E-state index contributed by atoms with van der Waals surface area (Å²) in [4.78, 5) is 11.5. The lowest BCUT2D eigenvalue weighted by Gasteiger charge is -2.27. The molecule has 3 N–H and O–H groups in total. The number of likely N-dealkylation sites (N-methyl/N-ethyl adjacent to an activating group) is 1. The number of unbranched alkanes of at least 4 members (excludes halogenated alkanes) is 1. The van der Waals surface area contributed by atoms with Crippen LogP contribution >= 0.6 is 0 Å². The largest absolute Gasteiger partial charge is 0.378 e. The van der Waals surface area contributed by atoms with Gasteiger partial charge in [-0.25, -0.2) is 0 Å². The molecule has 1 unspecified atom stereocenters. The number of primary amides is 1. The molecule has 1 saturated carbocycles. The Morgan fingerprint density at radius 1 is 1.32 bits per heavy atom. The zero-order valence-corrected chi connectivity index (χ0v) is 12.5. The van der Waals surface area contributed by atoms with Crippen LogP contribution in [0.2, 0.25) is 0 Å². The molecule has 0 radical (unpaired) electrons. The highest BCUT2D eigenvalue weighted by molar-refractivity contribution is 5.84. The van der Waals surface area contributed by atoms with Gasteiger partial charge in [-0.15, -0.1) is 0 Å². The van der Waals surface area contributed by atoms with Crippen LogP contribution in [-0.4, -0.2) is 30.7 Å². The first-order chi connectivity index (χ1) is 9.08. The first-order valence-electron chi connectivity index (χ1n) is 7.75. The number of carbonyl (C=O) groups is 1. The van der Waals surface area contributed by atoms with Crippen LogP contribution in [0.25, 0.3) is 0 Å². The molecule has 0 aromatic carbocycles. The van der Waals surface area contributed by atoms with Gasteiger partial charge in [-0.05, 0) is 45.6 Å². The molecule has 1 rings (SSSR count). The maximum atomic E-state index is 11.5. The summed E-state index contributed by atoms with van der Waals surface area (Å²) in [6.45, 7) is 5.46. The van der Waals surface area contributed by atoms with Crippen molar-refractivity contribution in [2.75, 3.05) is 13.2 Å². The highest BCUT2D eigenvalue weighted by atomic mass is 16.5. The van der Waals surface area contributed by atoms with E-state index in [0.717, 1.165) is 32.4 Å². The summed E-state index contributed by atoms with van der Waals surface area (Å²) in [6.07, 6.45) is 9.65. The first-order valence-corrected chi connectivity index (χ1v) is 7.75. The van der Waals surface area contributed by atoms with Gasteiger partial charge in [0.15, 0.2) is 0 Å². The molecule has 19 heavy (non-hydrogen) atoms. The average molecular weight is 270 g/mol. The van der Waals surface area contributed by atoms with Gasteiger partial charge < -0.3 is 15.8 Å². The number of carbonyl (C=O) groups excluding carboxylic acids is 1. The third-order valence-electron chi connectivity index (χ3n) is 4.09. The number of hydrogen-bond donors (Lipinski definition) is 2. The van der Waals surface area contributed by atoms with E-state index < -0.39 is 5.54 Å². The molecule has 1 amide bonds. The molecular formula is C15H30N2O2. The molecule has 1 atom stereocenters. The SMILES string of the molecule is CCNC(C)(CCCCOC1CCCCC1)C(N)=O. The molecule has 0 aliphatic heterocycles. The average Bonchev–Trinajstić information content (AvgIpc) is 2.39. The van der Waals surface area contributed by atoms with Gasteiger partial charge in [-0.1, -0.05) is 26.2 Å². The van der Waals surface area contributed by atoms with Gasteiger partial charge in [0, 0.05) is 6.61 Å². The van der Waals surface area contributed by atoms with Crippen molar-refractivity contribution >= 4 is 5.91 Å². The smallest absolute Gasteiger partial charge is 0.237 e. The molecule has 1 fully saturated rings. The van der Waals surface area contributed by atoms with Crippen LogP contribution in [0, 0.1) is 0 Å². The Labute approximate surface area is 117 Å². The molecule has 4 heteroatoms. The van der Waals surface area contributed by atoms with Gasteiger partial charge in [0.1, 0.15) is 0 Å². The van der Waals surface area contributed by atoms with Crippen LogP contribution in [0.1, 0.15) is 65.2 Å². The number of rotatable bonds is 9. The predicted molar refractivity (Wildman–Crippen MR) is 78.0 cm³/mol. The van der Waals surface area contributed by atoms with E-state index >= 15 is 0 Å². The van der Waals surface area contributed by atoms with E-state index in [2.05, 4.69) is 5.32 Å². The van der Waals surface area contributed by atoms with E-state index in [-0.39, 0.29) is 5.91 Å². The number of amides is 1. The third kappa shape index (κ3) is 5.91. The zero-order chi connectivity index (χ0) is 14.1. The minimum absolute atomic E-state index is 0.262. The van der Waals surface area contributed by atoms with Gasteiger partial charge in [0.05, 0.1) is 11.6 Å². The lowest BCUT2D eigenvalue weighted by atomic mass is 9.94. The Morgan fingerprint density at radius 3 is 2.58 bits per heavy atom. The molecule has 112 valence electrons. The molecule has 0 spiro atoms. The lowest BCUT2D eigenvalue weighted by molar-refractivity contribution is -0.124. The van der Waals surface area contributed by atoms with Gasteiger partial charge in [-0.2, -0.15) is 0 Å². The predicted octanol–water partition coefficient (Wildman–Crippen LogP) is 2.36. The molecule has 0 bridgehead atoms. The minimum atomic E-state index is -0.570. The summed E-state index contributed by atoms with van der Waals surface area (Å²) in [6, 6.07) is 0. The lowest BCUT2D eigenvalue weighted by Crippen LogP contribution is -2.53. The van der Waals surface area contributed by atoms with Crippen molar-refractivity contribution in [3.63, 3.8) is 0 Å². The van der Waals surface area contributed by atoms with E-state index in [0.29, 0.717) is 6.10 Å². The van der Waals surface area contributed by atoms with Crippen molar-refractivity contribution in [2.45, 2.75) is 76.9 Å². The van der Waals surface area contributed by atoms with Gasteiger partial charge in [0.2, 0.25) is 5.91 Å². The van der Waals surface area contributed by atoms with E-state index in [1.54, 1.807) is 0 Å². The summed E-state index contributed by atoms with van der Waals surface area (Å²) in [5.41, 5.74) is 4.89. The number of nitrogens with one attached hydrogen (secondary N) is 1. The molecule has 0 aromatic heterocycles. The topological polar surface area (TPSA) is 64.3 Å². The molecule has 1 aliphatic carbocycles. The molecule has 0 aromatic rings. The fraction of sp³-hybridized carbons (Fsp3) is 0.933. The summed E-state index contributed by atoms with van der Waals surface area (Å²) in [7, 11) is 0. The fourth-order valence-corrected chi connectivity index (χ4v) is 2.75. The Bertz CT molecular complexity index is 265. The summed E-state index contributed by atoms with van der Waals surface area (Å²) < 4.78 is 5.88. The maximum absolute atomic E-state index is 11.5. The third-order valence-corrected chi connectivity index (χ3v) is 4.09. The van der Waals surface area contributed by atoms with E-state index in [1.165, 1.54) is 32.1 Å². The Morgan fingerprint density at radius 2 is 2.00 bits per heavy atom. The number of ether oxygens (including phenoxy) is 1. The van der Waals surface area contributed by atoms with Crippen LogP contribution in [0.4, 0.5) is 0 Å². The Hall–Kier alpha value is -0.610. The van der Waals surface area contributed by atoms with Crippen molar-refractivity contribution in [1.82, 2.24) is 5.32 Å². The van der Waals surface area contributed by atoms with Gasteiger partial charge >= 0.3 is 0 Å². The van der Waals surface area contributed by atoms with Crippen LogP contribution in [0.5, 0.6) is 0 Å². The van der Waals surface area contributed by atoms with Crippen molar-refractivity contribution in [3.8, 4) is 0 Å². The van der Waals surface area contributed by atoms with E-state index in [4.69, 9.17) is 10.5 Å². The summed E-state index contributed by atoms with van der Waals surface area (Å²) >= 11 is 0. The number of nitrogens with two attached hydrogens (primary N) is 1. The quantitative estimate of drug-likeness (QED) is 0.632. The second-order valence-electron chi connectivity index (χ2n) is 5.81. The van der Waals surface area contributed by atoms with E-state index in [9.17, 15) is 4.79 Å². The van der Waals surface area contributed by atoms with Crippen LogP contribution < -0.4 is 11.1 Å². The molecule has 4 nitrogen and oxygen atoms in total. The second-order valence-corrected chi connectivity index (χ2v) is 5.81. The van der Waals surface area contributed by atoms with Gasteiger partial charge in [0.25, 0.3) is 0 Å². The Balaban J connectivity index is 2.12. The minimum Gasteiger partial charge on any atom is -0.378 e. The zero-order valence-electron chi connectivity index (χ0n) is 12.5. The molecule has 0 saturated heterocycles. The van der Waals surface area contributed by atoms with Crippen LogP contribution in [0.3, 0.4) is 0 Å². The summed E-state index contributed by atoms with van der Waals surface area (Å²) in [5, 5.41) is 3.18. The van der Waals surface area contributed by atoms with Crippen LogP contribution in [0.15, 0.2) is 0 Å². The molecule has 0 heterocycles. The van der Waals surface area contributed by atoms with Gasteiger partial charge in [-0.3, -0.25) is 4.79 Å².